The molecule has 3 saturated heterocycles. The molecule has 2 N–H and O–H groups in total. The summed E-state index contributed by atoms with van der Waals surface area (Å²) in [6, 6.07) is 0. The van der Waals surface area contributed by atoms with Crippen molar-refractivity contribution < 1.29 is 54.3 Å². The summed E-state index contributed by atoms with van der Waals surface area (Å²) in [5, 5.41) is -0.942. The number of hydrogen-bond acceptors (Lipinski definition) is 12. The molecule has 24 heteroatoms. The third kappa shape index (κ3) is 5.38. The van der Waals surface area contributed by atoms with Gasteiger partial charge in [-0.25, -0.2) is 32.1 Å². The molecule has 6 unspecified atom stereocenters. The Bertz CT molecular complexity index is 1920. The van der Waals surface area contributed by atoms with E-state index in [2.05, 4.69) is 32.2 Å². The van der Waals surface area contributed by atoms with E-state index in [1.807, 2.05) is 0 Å². The lowest BCUT2D eigenvalue weighted by Crippen LogP contribution is -2.37. The van der Waals surface area contributed by atoms with E-state index < -0.39 is 110 Å². The Morgan fingerprint density at radius 1 is 0.826 bits per heavy atom. The number of alkyl halides is 2. The minimum Gasteiger partial charge on any atom is -0.346 e. The van der Waals surface area contributed by atoms with Gasteiger partial charge in [-0.15, -0.1) is 0 Å². The molecule has 4 aromatic rings. The van der Waals surface area contributed by atoms with Crippen molar-refractivity contribution in [2.24, 2.45) is 0 Å². The molecular weight excluding hydrogens is 689 g/mol. The quantitative estimate of drug-likeness (QED) is 0.119. The molecule has 10 atom stereocenters. The normalized spacial score (nSPS) is 37.2. The molecule has 4 aromatic heterocycles. The minimum atomic E-state index is -4.54. The molecule has 0 aromatic carbocycles. The van der Waals surface area contributed by atoms with Gasteiger partial charge in [0.25, 0.3) is 26.2 Å². The molecule has 46 heavy (non-hydrogen) atoms. The number of thiol groups is 1. The van der Waals surface area contributed by atoms with Crippen molar-refractivity contribution in [1.29, 1.82) is 0 Å². The minimum absolute atomic E-state index is 0.269. The van der Waals surface area contributed by atoms with Gasteiger partial charge in [-0.2, -0.15) is 0 Å². The van der Waals surface area contributed by atoms with E-state index >= 15 is 8.78 Å². The maximum absolute atomic E-state index is 16.0. The molecular formula is C22H21BF4N6O10P2S. The molecule has 7 heterocycles. The van der Waals surface area contributed by atoms with E-state index in [1.54, 1.807) is 0 Å². The van der Waals surface area contributed by atoms with E-state index in [9.17, 15) is 27.5 Å². The average molecular weight is 710 g/mol. The first-order valence-corrected chi connectivity index (χ1v) is 18.1. The number of aromatic amines is 2. The largest absolute Gasteiger partial charge is 0.386 e. The van der Waals surface area contributed by atoms with Crippen LogP contribution < -0.4 is 11.1 Å². The number of rotatable bonds is 2. The maximum atomic E-state index is 16.0. The van der Waals surface area contributed by atoms with Gasteiger partial charge in [-0.05, 0) is 0 Å². The van der Waals surface area contributed by atoms with E-state index in [0.29, 0.717) is 0 Å². The standard InChI is InChI=1S/C22H21BF4N6O10P2S/c23-44(36)38-3-9-16(14(27)22(40-9)33-2-8(25)12-18(33)29-6-31-20(12)35)43-45(37,46)39-4-10-15(42-44)13(26)21(41-10)32-1-7(24)11-17(32)28-5-30-19(11)34/h1-2,5-6,9-10,13-16,21-22H,3-4,23H2,(H,37,46)(H,28,30,34)(H,29,31,35)/t9-,10-,13?,14?,15?,16?,21-,22-,44?,45?/m1/s1. The van der Waals surface area contributed by atoms with E-state index in [-0.39, 0.29) is 11.3 Å². The summed E-state index contributed by atoms with van der Waals surface area (Å²) in [7, 11) is -3.26. The summed E-state index contributed by atoms with van der Waals surface area (Å²) in [5.74, 6) is -2.05. The number of ether oxygens (including phenoxy) is 2. The van der Waals surface area contributed by atoms with Gasteiger partial charge < -0.3 is 28.5 Å². The highest BCUT2D eigenvalue weighted by molar-refractivity contribution is 8.44. The van der Waals surface area contributed by atoms with Crippen LogP contribution in [0.1, 0.15) is 12.5 Å². The van der Waals surface area contributed by atoms with Gasteiger partial charge in [-0.1, -0.05) is 12.2 Å². The van der Waals surface area contributed by atoms with Crippen LogP contribution in [-0.4, -0.2) is 86.6 Å². The van der Waals surface area contributed by atoms with Crippen molar-refractivity contribution in [2.75, 3.05) is 13.2 Å². The molecule has 0 spiro atoms. The highest BCUT2D eigenvalue weighted by Crippen LogP contribution is 2.58. The van der Waals surface area contributed by atoms with Gasteiger partial charge >= 0.3 is 6.80 Å². The van der Waals surface area contributed by atoms with Gasteiger partial charge in [0.15, 0.2) is 47.7 Å². The number of fused-ring (bicyclic) bond motifs is 4. The lowest BCUT2D eigenvalue weighted by atomic mass is 10.1. The molecule has 7 rings (SSSR count). The van der Waals surface area contributed by atoms with Gasteiger partial charge in [0.1, 0.15) is 35.2 Å². The highest BCUT2D eigenvalue weighted by Gasteiger charge is 2.54. The van der Waals surface area contributed by atoms with Gasteiger partial charge in [0, 0.05) is 12.4 Å². The van der Waals surface area contributed by atoms with Crippen LogP contribution in [-0.2, 0) is 36.7 Å². The molecule has 16 nitrogen and oxygen atoms in total. The number of nitrogens with zero attached hydrogens (tertiary/aromatic N) is 4. The first-order valence-electron chi connectivity index (χ1n) is 13.4. The Morgan fingerprint density at radius 2 is 1.28 bits per heavy atom. The second kappa shape index (κ2) is 11.4. The number of halogens is 4. The van der Waals surface area contributed by atoms with Crippen molar-refractivity contribution in [3.8, 4) is 0 Å². The van der Waals surface area contributed by atoms with E-state index in [1.165, 1.54) is 0 Å². The number of hydrogen-bond donors (Lipinski definition) is 3. The Hall–Kier alpha value is -2.81. The zero-order valence-corrected chi connectivity index (χ0v) is 25.8. The number of nitrogens with one attached hydrogen (secondary N) is 2. The molecule has 246 valence electrons. The fourth-order valence-corrected chi connectivity index (χ4v) is 8.31. The zero-order valence-electron chi connectivity index (χ0n) is 23.1. The van der Waals surface area contributed by atoms with Crippen LogP contribution >= 0.6 is 26.5 Å². The Balaban J connectivity index is 1.18. The van der Waals surface area contributed by atoms with Gasteiger partial charge in [0.05, 0.1) is 25.9 Å². The second-order valence-electron chi connectivity index (χ2n) is 10.6. The lowest BCUT2D eigenvalue weighted by Gasteiger charge is -2.29. The summed E-state index contributed by atoms with van der Waals surface area (Å²) >= 11 is 3.91. The van der Waals surface area contributed by atoms with Crippen LogP contribution in [0, 0.1) is 11.6 Å². The van der Waals surface area contributed by atoms with E-state index in [0.717, 1.165) is 41.7 Å². The maximum Gasteiger partial charge on any atom is 0.386 e. The van der Waals surface area contributed by atoms with Crippen LogP contribution in [0.2, 0.25) is 0 Å². The molecule has 3 fully saturated rings. The van der Waals surface area contributed by atoms with E-state index in [4.69, 9.17) is 27.6 Å². The van der Waals surface area contributed by atoms with Crippen molar-refractivity contribution in [1.82, 2.24) is 29.1 Å². The van der Waals surface area contributed by atoms with Crippen LogP contribution in [0.5, 0.6) is 0 Å². The number of aromatic nitrogens is 6. The first kappa shape index (κ1) is 31.8. The topological polar surface area (TPSA) is 191 Å². The molecule has 3 aliphatic heterocycles. The van der Waals surface area contributed by atoms with Crippen LogP contribution in [0.4, 0.5) is 17.6 Å². The molecule has 0 saturated carbocycles. The molecule has 0 aliphatic carbocycles. The lowest BCUT2D eigenvalue weighted by molar-refractivity contribution is -0.0546. The molecule has 0 radical (unpaired) electrons. The van der Waals surface area contributed by atoms with Crippen LogP contribution in [0.3, 0.4) is 0 Å². The molecule has 0 amide bonds. The summed E-state index contributed by atoms with van der Waals surface area (Å²) in [4.78, 5) is 36.4. The first-order chi connectivity index (χ1) is 21.7. The van der Waals surface area contributed by atoms with Crippen molar-refractivity contribution in [3.05, 3.63) is 57.4 Å². The fourth-order valence-electron chi connectivity index (χ4n) is 5.65. The van der Waals surface area contributed by atoms with Gasteiger partial charge in [0.2, 0.25) is 0 Å². The van der Waals surface area contributed by atoms with Crippen molar-refractivity contribution >= 4 is 56.2 Å². The third-order valence-corrected chi connectivity index (χ3v) is 10.5. The smallest absolute Gasteiger partial charge is 0.346 e. The van der Waals surface area contributed by atoms with Crippen LogP contribution in [0.15, 0.2) is 34.6 Å². The van der Waals surface area contributed by atoms with Crippen LogP contribution in [0.25, 0.3) is 22.1 Å². The SMILES string of the molecule is BP1(=O)OC[C@H]2O[C@@H](n3cc(F)c4c(=O)[nH]cnc43)C(F)C2OP(=O)(S)OC[C@H]2O[C@@H](n3cc(F)c4c(=O)[nH]cnc43)C(F)C2O1. The Morgan fingerprint density at radius 3 is 1.78 bits per heavy atom. The van der Waals surface area contributed by atoms with Crippen molar-refractivity contribution in [3.63, 3.8) is 0 Å². The molecule has 3 aliphatic rings. The fraction of sp³-hybridized carbons (Fsp3) is 0.455. The summed E-state index contributed by atoms with van der Waals surface area (Å²) < 4.78 is 123. The predicted octanol–water partition coefficient (Wildman–Crippen LogP) is 1.81. The predicted molar refractivity (Wildman–Crippen MR) is 153 cm³/mol. The average Bonchev–Trinajstić information content (AvgIpc) is 3.69. The zero-order chi connectivity index (χ0) is 32.7. The monoisotopic (exact) mass is 710 g/mol. The molecule has 0 bridgehead atoms. The number of H-pyrrole nitrogens is 2. The third-order valence-electron chi connectivity index (χ3n) is 7.66. The Kier molecular flexibility index (Phi) is 7.89. The van der Waals surface area contributed by atoms with Gasteiger partial charge in [-0.3, -0.25) is 32.3 Å². The summed E-state index contributed by atoms with van der Waals surface area (Å²) in [6.07, 6.45) is -10.8. The summed E-state index contributed by atoms with van der Waals surface area (Å²) in [5.41, 5.74) is -2.21. The Labute approximate surface area is 259 Å². The summed E-state index contributed by atoms with van der Waals surface area (Å²) in [6.45, 7) is -6.06. The highest BCUT2D eigenvalue weighted by atomic mass is 32.7. The second-order valence-corrected chi connectivity index (χ2v) is 15.5. The van der Waals surface area contributed by atoms with Crippen molar-refractivity contribution in [2.45, 2.75) is 49.2 Å².